The molecule has 142 valence electrons. The Labute approximate surface area is 154 Å². The molecule has 0 saturated heterocycles. The van der Waals surface area contributed by atoms with E-state index in [9.17, 15) is 14.4 Å². The van der Waals surface area contributed by atoms with Crippen molar-refractivity contribution in [2.24, 2.45) is 5.92 Å². The molecule has 0 aliphatic heterocycles. The van der Waals surface area contributed by atoms with Crippen molar-refractivity contribution < 1.29 is 19.1 Å². The topological polar surface area (TPSA) is 84.5 Å². The lowest BCUT2D eigenvalue weighted by Crippen LogP contribution is -2.35. The van der Waals surface area contributed by atoms with Gasteiger partial charge in [0.05, 0.1) is 6.54 Å². The molecule has 2 amide bonds. The van der Waals surface area contributed by atoms with Crippen LogP contribution in [-0.4, -0.2) is 30.9 Å². The van der Waals surface area contributed by atoms with Crippen LogP contribution < -0.4 is 10.6 Å². The standard InChI is InChI=1S/C20H28N2O4/c1-13-8-14(2)20(15(3)9-13)22-17(23)11-21-18(24)12-26-19(25)10-16-6-4-5-7-16/h8-9,16H,4-7,10-12H2,1-3H3,(H,21,24)(H,22,23). The maximum absolute atomic E-state index is 12.0. The van der Waals surface area contributed by atoms with Crippen molar-refractivity contribution in [3.05, 3.63) is 28.8 Å². The van der Waals surface area contributed by atoms with Crippen LogP contribution in [0.1, 0.15) is 48.8 Å². The van der Waals surface area contributed by atoms with Crippen LogP contribution in [0.25, 0.3) is 0 Å². The van der Waals surface area contributed by atoms with Crippen LogP contribution in [0.4, 0.5) is 5.69 Å². The summed E-state index contributed by atoms with van der Waals surface area (Å²) in [6.45, 7) is 5.35. The number of benzene rings is 1. The zero-order valence-electron chi connectivity index (χ0n) is 15.8. The molecule has 2 N–H and O–H groups in total. The molecule has 1 aliphatic carbocycles. The molecule has 0 atom stereocenters. The number of carbonyl (C=O) groups is 3. The average Bonchev–Trinajstić information content (AvgIpc) is 3.07. The number of nitrogens with one attached hydrogen (secondary N) is 2. The number of amides is 2. The molecule has 1 aromatic carbocycles. The molecular weight excluding hydrogens is 332 g/mol. The van der Waals surface area contributed by atoms with Crippen molar-refractivity contribution in [2.75, 3.05) is 18.5 Å². The van der Waals surface area contributed by atoms with Gasteiger partial charge in [0.15, 0.2) is 6.61 Å². The fourth-order valence-corrected chi connectivity index (χ4v) is 3.45. The first-order valence-corrected chi connectivity index (χ1v) is 9.15. The Morgan fingerprint density at radius 1 is 1.04 bits per heavy atom. The maximum atomic E-state index is 12.0. The Morgan fingerprint density at radius 2 is 1.65 bits per heavy atom. The number of ether oxygens (including phenoxy) is 1. The van der Waals surface area contributed by atoms with Gasteiger partial charge in [-0.25, -0.2) is 0 Å². The molecule has 0 spiro atoms. The van der Waals surface area contributed by atoms with Gasteiger partial charge in [-0.3, -0.25) is 14.4 Å². The lowest BCUT2D eigenvalue weighted by molar-refractivity contribution is -0.149. The first kappa shape index (κ1) is 19.9. The van der Waals surface area contributed by atoms with Crippen molar-refractivity contribution >= 4 is 23.5 Å². The fourth-order valence-electron chi connectivity index (χ4n) is 3.45. The molecule has 1 fully saturated rings. The van der Waals surface area contributed by atoms with Crippen molar-refractivity contribution in [3.8, 4) is 0 Å². The monoisotopic (exact) mass is 360 g/mol. The molecule has 0 unspecified atom stereocenters. The Balaban J connectivity index is 1.70. The van der Waals surface area contributed by atoms with Crippen molar-refractivity contribution in [1.82, 2.24) is 5.32 Å². The predicted octanol–water partition coefficient (Wildman–Crippen LogP) is 2.79. The second-order valence-electron chi connectivity index (χ2n) is 7.11. The van der Waals surface area contributed by atoms with Gasteiger partial charge in [0.2, 0.25) is 5.91 Å². The van der Waals surface area contributed by atoms with Gasteiger partial charge in [0.1, 0.15) is 0 Å². The minimum absolute atomic E-state index is 0.161. The van der Waals surface area contributed by atoms with Gasteiger partial charge in [-0.2, -0.15) is 0 Å². The molecule has 1 saturated carbocycles. The van der Waals surface area contributed by atoms with Crippen LogP contribution in [-0.2, 0) is 19.1 Å². The lowest BCUT2D eigenvalue weighted by atomic mass is 10.0. The minimum atomic E-state index is -0.475. The van der Waals surface area contributed by atoms with Gasteiger partial charge in [0.25, 0.3) is 5.91 Å². The van der Waals surface area contributed by atoms with E-state index in [1.165, 1.54) is 0 Å². The maximum Gasteiger partial charge on any atom is 0.306 e. The van der Waals surface area contributed by atoms with E-state index in [2.05, 4.69) is 10.6 Å². The summed E-state index contributed by atoms with van der Waals surface area (Å²) in [4.78, 5) is 35.5. The number of anilines is 1. The van der Waals surface area contributed by atoms with E-state index in [1.54, 1.807) is 0 Å². The summed E-state index contributed by atoms with van der Waals surface area (Å²) < 4.78 is 4.99. The second kappa shape index (κ2) is 9.36. The molecule has 0 aromatic heterocycles. The summed E-state index contributed by atoms with van der Waals surface area (Å²) in [7, 11) is 0. The highest BCUT2D eigenvalue weighted by molar-refractivity contribution is 5.96. The molecule has 0 heterocycles. The van der Waals surface area contributed by atoms with Crippen molar-refractivity contribution in [2.45, 2.75) is 52.9 Å². The van der Waals surface area contributed by atoms with E-state index < -0.39 is 5.91 Å². The predicted molar refractivity (Wildman–Crippen MR) is 99.8 cm³/mol. The molecule has 26 heavy (non-hydrogen) atoms. The van der Waals surface area contributed by atoms with E-state index in [0.29, 0.717) is 12.3 Å². The van der Waals surface area contributed by atoms with E-state index in [0.717, 1.165) is 48.1 Å². The zero-order valence-corrected chi connectivity index (χ0v) is 15.8. The zero-order chi connectivity index (χ0) is 19.1. The normalized spacial score (nSPS) is 14.1. The lowest BCUT2D eigenvalue weighted by Gasteiger charge is -2.13. The summed E-state index contributed by atoms with van der Waals surface area (Å²) in [6, 6.07) is 3.98. The third-order valence-corrected chi connectivity index (χ3v) is 4.68. The quantitative estimate of drug-likeness (QED) is 0.732. The first-order valence-electron chi connectivity index (χ1n) is 9.15. The van der Waals surface area contributed by atoms with E-state index in [-0.39, 0.29) is 25.0 Å². The smallest absolute Gasteiger partial charge is 0.306 e. The van der Waals surface area contributed by atoms with Gasteiger partial charge in [-0.05, 0) is 50.7 Å². The molecule has 2 rings (SSSR count). The Hall–Kier alpha value is -2.37. The minimum Gasteiger partial charge on any atom is -0.456 e. The number of rotatable bonds is 7. The van der Waals surface area contributed by atoms with Gasteiger partial charge >= 0.3 is 5.97 Å². The third kappa shape index (κ3) is 6.17. The highest BCUT2D eigenvalue weighted by Gasteiger charge is 2.19. The van der Waals surface area contributed by atoms with E-state index in [1.807, 2.05) is 32.9 Å². The van der Waals surface area contributed by atoms with Gasteiger partial charge in [0, 0.05) is 12.1 Å². The van der Waals surface area contributed by atoms with Gasteiger partial charge in [-0.15, -0.1) is 0 Å². The van der Waals surface area contributed by atoms with Crippen LogP contribution in [0.5, 0.6) is 0 Å². The van der Waals surface area contributed by atoms with Crippen LogP contribution in [0, 0.1) is 26.7 Å². The number of aryl methyl sites for hydroxylation is 3. The summed E-state index contributed by atoms with van der Waals surface area (Å²) in [6.07, 6.45) is 4.80. The number of hydrogen-bond donors (Lipinski definition) is 2. The fraction of sp³-hybridized carbons (Fsp3) is 0.550. The van der Waals surface area contributed by atoms with Crippen LogP contribution >= 0.6 is 0 Å². The Bertz CT molecular complexity index is 655. The van der Waals surface area contributed by atoms with Crippen LogP contribution in [0.2, 0.25) is 0 Å². The van der Waals surface area contributed by atoms with Crippen molar-refractivity contribution in [3.63, 3.8) is 0 Å². The van der Waals surface area contributed by atoms with Crippen LogP contribution in [0.3, 0.4) is 0 Å². The number of hydrogen-bond acceptors (Lipinski definition) is 4. The SMILES string of the molecule is Cc1cc(C)c(NC(=O)CNC(=O)COC(=O)CC2CCCC2)c(C)c1. The summed E-state index contributed by atoms with van der Waals surface area (Å²) >= 11 is 0. The molecule has 6 nitrogen and oxygen atoms in total. The highest BCUT2D eigenvalue weighted by atomic mass is 16.5. The molecule has 6 heteroatoms. The molecule has 0 radical (unpaired) electrons. The first-order chi connectivity index (χ1) is 12.3. The van der Waals surface area contributed by atoms with E-state index in [4.69, 9.17) is 4.74 Å². The van der Waals surface area contributed by atoms with Gasteiger partial charge in [-0.1, -0.05) is 30.5 Å². The summed E-state index contributed by atoms with van der Waals surface area (Å²) in [5, 5.41) is 5.29. The molecular formula is C20H28N2O4. The molecule has 1 aromatic rings. The Kier molecular flexibility index (Phi) is 7.18. The largest absolute Gasteiger partial charge is 0.456 e. The number of carbonyl (C=O) groups excluding carboxylic acids is 3. The summed E-state index contributed by atoms with van der Waals surface area (Å²) in [5.74, 6) is -0.748. The highest BCUT2D eigenvalue weighted by Crippen LogP contribution is 2.27. The van der Waals surface area contributed by atoms with Crippen molar-refractivity contribution in [1.29, 1.82) is 0 Å². The van der Waals surface area contributed by atoms with E-state index >= 15 is 0 Å². The third-order valence-electron chi connectivity index (χ3n) is 4.68. The average molecular weight is 360 g/mol. The second-order valence-corrected chi connectivity index (χ2v) is 7.11. The van der Waals surface area contributed by atoms with Crippen LogP contribution in [0.15, 0.2) is 12.1 Å². The summed E-state index contributed by atoms with van der Waals surface area (Å²) in [5.41, 5.74) is 3.84. The number of esters is 1. The Morgan fingerprint density at radius 3 is 2.27 bits per heavy atom. The molecule has 1 aliphatic rings. The molecule has 0 bridgehead atoms. The van der Waals surface area contributed by atoms with Gasteiger partial charge < -0.3 is 15.4 Å².